The fourth-order valence-corrected chi connectivity index (χ4v) is 5.52. The summed E-state index contributed by atoms with van der Waals surface area (Å²) in [4.78, 5) is 26.6. The highest BCUT2D eigenvalue weighted by atomic mass is 32.2. The molecule has 2 aromatic carbocycles. The summed E-state index contributed by atoms with van der Waals surface area (Å²) in [7, 11) is -1.99. The van der Waals surface area contributed by atoms with Crippen molar-refractivity contribution in [2.45, 2.75) is 93.5 Å². The van der Waals surface area contributed by atoms with Gasteiger partial charge in [0.2, 0.25) is 21.8 Å². The summed E-state index contributed by atoms with van der Waals surface area (Å²) in [5.74, 6) is -0.536. The third kappa shape index (κ3) is 16.9. The molecule has 10 heteroatoms. The van der Waals surface area contributed by atoms with Crippen LogP contribution in [0.4, 0.5) is 0 Å². The summed E-state index contributed by atoms with van der Waals surface area (Å²) in [6, 6.07) is 18.0. The van der Waals surface area contributed by atoms with Crippen LogP contribution < -0.4 is 16.0 Å². The number of nitrogens with one attached hydrogen (secondary N) is 3. The van der Waals surface area contributed by atoms with Gasteiger partial charge in [0.05, 0.1) is 24.9 Å². The minimum Gasteiger partial charge on any atom is -0.378 e. The molecule has 9 nitrogen and oxygen atoms in total. The Balaban J connectivity index is 0.00000464. The Morgan fingerprint density at radius 2 is 1.36 bits per heavy atom. The molecule has 0 aromatic heterocycles. The minimum absolute atomic E-state index is 0.0570. The molecule has 0 saturated carbocycles. The monoisotopic (exact) mass is 648 g/mol. The zero-order valence-electron chi connectivity index (χ0n) is 29.5. The molecule has 2 rings (SSSR count). The van der Waals surface area contributed by atoms with Crippen LogP contribution in [0, 0.1) is 11.3 Å². The number of hydrogen-bond donors (Lipinski definition) is 3. The number of nitrogens with zero attached hydrogens (tertiary/aromatic N) is 1. The molecule has 0 radical (unpaired) electrons. The number of amides is 2. The summed E-state index contributed by atoms with van der Waals surface area (Å²) >= 11 is 0. The van der Waals surface area contributed by atoms with E-state index < -0.39 is 33.6 Å². The smallest absolute Gasteiger partial charge is 0.243 e. The van der Waals surface area contributed by atoms with E-state index in [-0.39, 0.29) is 30.8 Å². The maximum atomic E-state index is 13.8. The Hall–Kier alpha value is -2.79. The van der Waals surface area contributed by atoms with E-state index in [1.54, 1.807) is 0 Å². The highest BCUT2D eigenvalue weighted by Gasteiger charge is 2.36. The van der Waals surface area contributed by atoms with Crippen LogP contribution in [0.1, 0.15) is 73.4 Å². The molecule has 2 amide bonds. The number of sulfonamides is 1. The van der Waals surface area contributed by atoms with Gasteiger partial charge in [0.1, 0.15) is 6.04 Å². The fraction of sp³-hybridized carbons (Fsp3) is 0.600. The van der Waals surface area contributed by atoms with Gasteiger partial charge in [-0.1, -0.05) is 123 Å². The predicted octanol–water partition coefficient (Wildman–Crippen LogP) is 5.02. The third-order valence-electron chi connectivity index (χ3n) is 6.69. The molecule has 45 heavy (non-hydrogen) atoms. The van der Waals surface area contributed by atoms with Crippen LogP contribution in [-0.2, 0) is 37.3 Å². The summed E-state index contributed by atoms with van der Waals surface area (Å²) in [5, 5.41) is 9.12. The van der Waals surface area contributed by atoms with Crippen LogP contribution in [0.2, 0.25) is 0 Å². The Kier molecular flexibility index (Phi) is 20.5. The van der Waals surface area contributed by atoms with E-state index in [2.05, 4.69) is 16.0 Å². The fourth-order valence-electron chi connectivity index (χ4n) is 4.53. The van der Waals surface area contributed by atoms with Crippen LogP contribution in [0.5, 0.6) is 0 Å². The van der Waals surface area contributed by atoms with Gasteiger partial charge in [-0.3, -0.25) is 9.59 Å². The number of hydrogen-bond acceptors (Lipinski definition) is 6. The van der Waals surface area contributed by atoms with Crippen LogP contribution in [0.25, 0.3) is 0 Å². The predicted molar refractivity (Wildman–Crippen MR) is 186 cm³/mol. The van der Waals surface area contributed by atoms with Crippen LogP contribution >= 0.6 is 0 Å². The van der Waals surface area contributed by atoms with Gasteiger partial charge in [0.15, 0.2) is 0 Å². The Labute approximate surface area is 274 Å². The molecule has 0 aliphatic rings. The second-order valence-electron chi connectivity index (χ2n) is 12.0. The van der Waals surface area contributed by atoms with Gasteiger partial charge in [-0.15, -0.1) is 0 Å². The van der Waals surface area contributed by atoms with Gasteiger partial charge < -0.3 is 20.7 Å². The molecular weight excluding hydrogens is 588 g/mol. The molecule has 0 unspecified atom stereocenters. The van der Waals surface area contributed by atoms with Gasteiger partial charge in [0, 0.05) is 26.7 Å². The number of methoxy groups -OCH3 is 1. The van der Waals surface area contributed by atoms with Gasteiger partial charge in [-0.05, 0) is 28.9 Å². The van der Waals surface area contributed by atoms with Gasteiger partial charge in [-0.25, -0.2) is 8.42 Å². The van der Waals surface area contributed by atoms with E-state index >= 15 is 0 Å². The van der Waals surface area contributed by atoms with Crippen molar-refractivity contribution in [2.75, 3.05) is 33.0 Å². The lowest BCUT2D eigenvalue weighted by atomic mass is 9.85. The standard InChI is InChI=1S/C31H48N4O5S.2C2H6/c1-23(2)21-35(41(7,38)39)22-27(40-6)26(18-24-14-10-8-11-15-24)33-30(37)29(31(3,4)5)34-28(36)20-32-19-25-16-12-9-13-17-25;2*1-2/h8-17,23,26-27,29,32H,18-22H2,1-7H3,(H,33,37)(H,34,36);2*1-2H3/t26-,27+,29+;;/m0../s1. The quantitative estimate of drug-likeness (QED) is 0.236. The van der Waals surface area contributed by atoms with Crippen LogP contribution in [-0.4, -0.2) is 75.7 Å². The maximum absolute atomic E-state index is 13.8. The topological polar surface area (TPSA) is 117 Å². The molecule has 0 spiro atoms. The average molecular weight is 649 g/mol. The second kappa shape index (κ2) is 21.9. The summed E-state index contributed by atoms with van der Waals surface area (Å²) in [6.07, 6.45) is 0.981. The van der Waals surface area contributed by atoms with Crippen molar-refractivity contribution in [3.05, 3.63) is 71.8 Å². The van der Waals surface area contributed by atoms with Crippen molar-refractivity contribution in [1.29, 1.82) is 0 Å². The van der Waals surface area contributed by atoms with E-state index in [9.17, 15) is 18.0 Å². The maximum Gasteiger partial charge on any atom is 0.243 e. The number of ether oxygens (including phenoxy) is 1. The van der Waals surface area contributed by atoms with Crippen LogP contribution in [0.15, 0.2) is 60.7 Å². The third-order valence-corrected chi connectivity index (χ3v) is 7.93. The Bertz CT molecular complexity index is 1190. The van der Waals surface area contributed by atoms with Gasteiger partial charge >= 0.3 is 0 Å². The molecule has 0 bridgehead atoms. The summed E-state index contributed by atoms with van der Waals surface area (Å²) in [5.41, 5.74) is 1.44. The molecule has 3 atom stereocenters. The van der Waals surface area contributed by atoms with E-state index in [0.29, 0.717) is 19.5 Å². The highest BCUT2D eigenvalue weighted by molar-refractivity contribution is 7.88. The lowest BCUT2D eigenvalue weighted by molar-refractivity contribution is -0.132. The molecule has 256 valence electrons. The zero-order valence-corrected chi connectivity index (χ0v) is 30.3. The lowest BCUT2D eigenvalue weighted by Crippen LogP contribution is -2.59. The van der Waals surface area contributed by atoms with E-state index in [1.165, 1.54) is 17.7 Å². The highest BCUT2D eigenvalue weighted by Crippen LogP contribution is 2.21. The molecule has 0 aliphatic heterocycles. The Morgan fingerprint density at radius 3 is 1.80 bits per heavy atom. The lowest BCUT2D eigenvalue weighted by Gasteiger charge is -2.35. The molecule has 0 heterocycles. The average Bonchev–Trinajstić information content (AvgIpc) is 2.99. The van der Waals surface area contributed by atoms with E-state index in [0.717, 1.165) is 11.1 Å². The minimum atomic E-state index is -3.51. The van der Waals surface area contributed by atoms with Crippen molar-refractivity contribution in [3.8, 4) is 0 Å². The molecule has 3 N–H and O–H groups in total. The summed E-state index contributed by atoms with van der Waals surface area (Å²) < 4.78 is 32.4. The van der Waals surface area contributed by atoms with Crippen molar-refractivity contribution in [3.63, 3.8) is 0 Å². The zero-order chi connectivity index (χ0) is 34.6. The second-order valence-corrected chi connectivity index (χ2v) is 14.0. The number of carbonyl (C=O) groups is 2. The van der Waals surface area contributed by atoms with Crippen molar-refractivity contribution in [1.82, 2.24) is 20.3 Å². The van der Waals surface area contributed by atoms with Crippen LogP contribution in [0.3, 0.4) is 0 Å². The van der Waals surface area contributed by atoms with Crippen molar-refractivity contribution >= 4 is 21.8 Å². The SMILES string of the molecule is CC.CC.CO[C@H](CN(CC(C)C)S(C)(=O)=O)[C@H](Cc1ccccc1)NC(=O)[C@@H](NC(=O)CNCc1ccccc1)C(C)(C)C. The Morgan fingerprint density at radius 1 is 0.844 bits per heavy atom. The van der Waals surface area contributed by atoms with Crippen molar-refractivity contribution in [2.24, 2.45) is 11.3 Å². The number of carbonyl (C=O) groups excluding carboxylic acids is 2. The first-order valence-electron chi connectivity index (χ1n) is 16.1. The number of benzene rings is 2. The van der Waals surface area contributed by atoms with E-state index in [4.69, 9.17) is 4.74 Å². The first kappa shape index (κ1) is 42.2. The first-order chi connectivity index (χ1) is 21.2. The number of rotatable bonds is 16. The summed E-state index contributed by atoms with van der Waals surface area (Å²) in [6.45, 7) is 18.6. The molecule has 2 aromatic rings. The molecule has 0 fully saturated rings. The first-order valence-corrected chi connectivity index (χ1v) is 17.9. The van der Waals surface area contributed by atoms with Gasteiger partial charge in [0.25, 0.3) is 0 Å². The molecular formula is C35H60N4O5S. The largest absolute Gasteiger partial charge is 0.378 e. The van der Waals surface area contributed by atoms with Gasteiger partial charge in [-0.2, -0.15) is 4.31 Å². The van der Waals surface area contributed by atoms with Crippen molar-refractivity contribution < 1.29 is 22.7 Å². The molecule has 0 saturated heterocycles. The van der Waals surface area contributed by atoms with E-state index in [1.807, 2.05) is 123 Å². The molecule has 0 aliphatic carbocycles. The normalized spacial score (nSPS) is 13.4.